The fraction of sp³-hybridized carbons (Fsp3) is 0.217. The van der Waals surface area contributed by atoms with Crippen molar-refractivity contribution in [3.05, 3.63) is 71.4 Å². The second kappa shape index (κ2) is 6.95. The Bertz CT molecular complexity index is 1180. The monoisotopic (exact) mass is 400 g/mol. The van der Waals surface area contributed by atoms with Gasteiger partial charge in [-0.25, -0.2) is 4.68 Å². The number of nitrogens with zero attached hydrogens (tertiary/aromatic N) is 3. The van der Waals surface area contributed by atoms with Crippen molar-refractivity contribution < 1.29 is 14.4 Å². The first-order chi connectivity index (χ1) is 14.5. The second-order valence-electron chi connectivity index (χ2n) is 7.69. The number of hydrogen-bond donors (Lipinski definition) is 1. The molecule has 1 saturated heterocycles. The van der Waals surface area contributed by atoms with Crippen molar-refractivity contribution in [1.29, 1.82) is 0 Å². The number of carbonyl (C=O) groups excluding carboxylic acids is 3. The third-order valence-corrected chi connectivity index (χ3v) is 5.65. The van der Waals surface area contributed by atoms with Crippen LogP contribution in [0.5, 0.6) is 0 Å². The molecule has 2 aromatic carbocycles. The van der Waals surface area contributed by atoms with E-state index >= 15 is 0 Å². The molecule has 150 valence electrons. The van der Waals surface area contributed by atoms with Gasteiger partial charge in [-0.3, -0.25) is 19.7 Å². The summed E-state index contributed by atoms with van der Waals surface area (Å²) >= 11 is 0. The van der Waals surface area contributed by atoms with Crippen molar-refractivity contribution >= 4 is 17.7 Å². The summed E-state index contributed by atoms with van der Waals surface area (Å²) in [5.41, 5.74) is 5.23. The molecular formula is C23H20N4O3. The molecule has 2 aliphatic heterocycles. The van der Waals surface area contributed by atoms with Crippen molar-refractivity contribution in [2.75, 3.05) is 0 Å². The van der Waals surface area contributed by atoms with Crippen molar-refractivity contribution in [2.45, 2.75) is 32.4 Å². The molecule has 0 radical (unpaired) electrons. The first-order valence-corrected chi connectivity index (χ1v) is 9.91. The fourth-order valence-corrected chi connectivity index (χ4v) is 4.20. The van der Waals surface area contributed by atoms with E-state index in [2.05, 4.69) is 10.4 Å². The first-order valence-electron chi connectivity index (χ1n) is 9.91. The SMILES string of the molecule is Cc1cc(-c2ccccc2)n(-c2ccc3c(c2)CN(C2CCC(=O)NC2=O)C3=O)n1. The molecule has 3 aromatic rings. The molecule has 1 unspecified atom stereocenters. The Morgan fingerprint density at radius 1 is 1.03 bits per heavy atom. The summed E-state index contributed by atoms with van der Waals surface area (Å²) in [5, 5.41) is 6.98. The van der Waals surface area contributed by atoms with E-state index in [4.69, 9.17) is 0 Å². The number of carbonyl (C=O) groups is 3. The highest BCUT2D eigenvalue weighted by atomic mass is 16.2. The van der Waals surface area contributed by atoms with Crippen LogP contribution in [0.15, 0.2) is 54.6 Å². The average Bonchev–Trinajstić information content (AvgIpc) is 3.29. The molecule has 7 heteroatoms. The highest BCUT2D eigenvalue weighted by Gasteiger charge is 2.39. The number of fused-ring (bicyclic) bond motifs is 1. The smallest absolute Gasteiger partial charge is 0.255 e. The summed E-state index contributed by atoms with van der Waals surface area (Å²) in [6.45, 7) is 2.29. The minimum Gasteiger partial charge on any atom is -0.322 e. The van der Waals surface area contributed by atoms with Crippen molar-refractivity contribution in [3.63, 3.8) is 0 Å². The molecule has 5 rings (SSSR count). The molecule has 3 amide bonds. The Kier molecular flexibility index (Phi) is 4.24. The maximum atomic E-state index is 12.9. The van der Waals surface area contributed by atoms with Crippen molar-refractivity contribution in [3.8, 4) is 16.9 Å². The van der Waals surface area contributed by atoms with E-state index in [-0.39, 0.29) is 18.2 Å². The Balaban J connectivity index is 1.49. The summed E-state index contributed by atoms with van der Waals surface area (Å²) in [6, 6.07) is 17.1. The van der Waals surface area contributed by atoms with E-state index in [0.717, 1.165) is 28.2 Å². The molecule has 1 N–H and O–H groups in total. The zero-order valence-corrected chi connectivity index (χ0v) is 16.5. The largest absolute Gasteiger partial charge is 0.322 e. The number of hydrogen-bond acceptors (Lipinski definition) is 4. The van der Waals surface area contributed by atoms with Crippen LogP contribution in [0.3, 0.4) is 0 Å². The minimum absolute atomic E-state index is 0.175. The number of imide groups is 1. The summed E-state index contributed by atoms with van der Waals surface area (Å²) < 4.78 is 1.88. The zero-order valence-electron chi connectivity index (χ0n) is 16.5. The van der Waals surface area contributed by atoms with Gasteiger partial charge < -0.3 is 4.90 Å². The Morgan fingerprint density at radius 2 is 1.83 bits per heavy atom. The second-order valence-corrected chi connectivity index (χ2v) is 7.69. The van der Waals surface area contributed by atoms with Gasteiger partial charge in [0.1, 0.15) is 6.04 Å². The summed E-state index contributed by atoms with van der Waals surface area (Å²) in [7, 11) is 0. The minimum atomic E-state index is -0.613. The van der Waals surface area contributed by atoms with E-state index in [0.29, 0.717) is 18.5 Å². The number of amides is 3. The molecule has 0 aliphatic carbocycles. The molecule has 1 atom stereocenters. The van der Waals surface area contributed by atoms with E-state index < -0.39 is 11.9 Å². The lowest BCUT2D eigenvalue weighted by molar-refractivity contribution is -0.136. The standard InChI is InChI=1S/C23H20N4O3/c1-14-11-20(15-5-3-2-4-6-15)27(25-14)17-7-8-18-16(12-17)13-26(23(18)30)19-9-10-21(28)24-22(19)29/h2-8,11-12,19H,9-10,13H2,1H3,(H,24,28,29). The van der Waals surface area contributed by atoms with Gasteiger partial charge in [0.25, 0.3) is 5.91 Å². The number of aryl methyl sites for hydroxylation is 1. The van der Waals surface area contributed by atoms with Crippen LogP contribution in [0.2, 0.25) is 0 Å². The van der Waals surface area contributed by atoms with Crippen molar-refractivity contribution in [1.82, 2.24) is 20.0 Å². The zero-order chi connectivity index (χ0) is 20.8. The first kappa shape index (κ1) is 18.3. The fourth-order valence-electron chi connectivity index (χ4n) is 4.20. The van der Waals surface area contributed by atoms with E-state index in [1.54, 1.807) is 11.0 Å². The van der Waals surface area contributed by atoms with E-state index in [1.165, 1.54) is 0 Å². The van der Waals surface area contributed by atoms with E-state index in [1.807, 2.05) is 60.1 Å². The van der Waals surface area contributed by atoms with Crippen LogP contribution in [-0.2, 0) is 16.1 Å². The van der Waals surface area contributed by atoms with Crippen LogP contribution in [-0.4, -0.2) is 38.4 Å². The molecule has 1 aromatic heterocycles. The quantitative estimate of drug-likeness (QED) is 0.685. The van der Waals surface area contributed by atoms with Gasteiger partial charge in [-0.15, -0.1) is 0 Å². The van der Waals surface area contributed by atoms with Crippen LogP contribution in [0.1, 0.15) is 34.5 Å². The molecule has 0 saturated carbocycles. The number of piperidine rings is 1. The van der Waals surface area contributed by atoms with Gasteiger partial charge in [0.2, 0.25) is 11.8 Å². The maximum Gasteiger partial charge on any atom is 0.255 e. The van der Waals surface area contributed by atoms with Gasteiger partial charge >= 0.3 is 0 Å². The molecule has 2 aliphatic rings. The van der Waals surface area contributed by atoms with Gasteiger partial charge in [-0.2, -0.15) is 5.10 Å². The summed E-state index contributed by atoms with van der Waals surface area (Å²) in [5.74, 6) is -0.863. The summed E-state index contributed by atoms with van der Waals surface area (Å²) in [6.07, 6.45) is 0.600. The average molecular weight is 400 g/mol. The van der Waals surface area contributed by atoms with Gasteiger partial charge in [0.05, 0.1) is 17.1 Å². The van der Waals surface area contributed by atoms with Gasteiger partial charge in [0, 0.05) is 24.1 Å². The van der Waals surface area contributed by atoms with Crippen LogP contribution >= 0.6 is 0 Å². The van der Waals surface area contributed by atoms with Crippen LogP contribution in [0.25, 0.3) is 16.9 Å². The lowest BCUT2D eigenvalue weighted by atomic mass is 10.0. The number of rotatable bonds is 3. The Morgan fingerprint density at radius 3 is 2.60 bits per heavy atom. The lowest BCUT2D eigenvalue weighted by Gasteiger charge is -2.29. The molecule has 30 heavy (non-hydrogen) atoms. The predicted octanol–water partition coefficient (Wildman–Crippen LogP) is 2.61. The third kappa shape index (κ3) is 2.99. The molecular weight excluding hydrogens is 380 g/mol. The highest BCUT2D eigenvalue weighted by molar-refractivity contribution is 6.05. The van der Waals surface area contributed by atoms with E-state index in [9.17, 15) is 14.4 Å². The van der Waals surface area contributed by atoms with Gasteiger partial charge in [-0.1, -0.05) is 30.3 Å². The summed E-state index contributed by atoms with van der Waals surface area (Å²) in [4.78, 5) is 38.1. The number of aromatic nitrogens is 2. The van der Waals surface area contributed by atoms with Gasteiger partial charge in [0.15, 0.2) is 0 Å². The maximum absolute atomic E-state index is 12.9. The number of benzene rings is 2. The highest BCUT2D eigenvalue weighted by Crippen LogP contribution is 2.31. The molecule has 1 fully saturated rings. The van der Waals surface area contributed by atoms with Crippen LogP contribution < -0.4 is 5.32 Å². The van der Waals surface area contributed by atoms with Crippen molar-refractivity contribution in [2.24, 2.45) is 0 Å². The van der Waals surface area contributed by atoms with Gasteiger partial charge in [-0.05, 0) is 43.2 Å². The van der Waals surface area contributed by atoms with Crippen LogP contribution in [0, 0.1) is 6.92 Å². The molecule has 0 bridgehead atoms. The Labute approximate surface area is 173 Å². The molecule has 7 nitrogen and oxygen atoms in total. The topological polar surface area (TPSA) is 84.3 Å². The lowest BCUT2D eigenvalue weighted by Crippen LogP contribution is -2.52. The molecule has 0 spiro atoms. The number of nitrogens with one attached hydrogen (secondary N) is 1. The third-order valence-electron chi connectivity index (χ3n) is 5.65. The normalized spacial score (nSPS) is 18.5. The Hall–Kier alpha value is -3.74. The van der Waals surface area contributed by atoms with Crippen LogP contribution in [0.4, 0.5) is 0 Å². The molecule has 3 heterocycles. The predicted molar refractivity (Wildman–Crippen MR) is 110 cm³/mol.